The molecule has 0 nitrogen and oxygen atoms in total. The van der Waals surface area contributed by atoms with Crippen LogP contribution in [0.2, 0.25) is 0 Å². The Labute approximate surface area is 51.8 Å². The van der Waals surface area contributed by atoms with Crippen LogP contribution in [0, 0.1) is 0 Å². The molecule has 0 aliphatic rings. The molecule has 0 rings (SSSR count). The Morgan fingerprint density at radius 1 is 1.20 bits per heavy atom. The van der Waals surface area contributed by atoms with Crippen molar-refractivity contribution in [3.8, 4) is 0 Å². The van der Waals surface area contributed by atoms with Gasteiger partial charge in [-0.1, -0.05) is 0 Å². The predicted octanol–water partition coefficient (Wildman–Crippen LogP) is 1.42. The molecule has 0 N–H and O–H groups in total. The summed E-state index contributed by atoms with van der Waals surface area (Å²) < 4.78 is 0. The van der Waals surface area contributed by atoms with Crippen molar-refractivity contribution in [1.29, 1.82) is 0 Å². The van der Waals surface area contributed by atoms with E-state index in [0.717, 1.165) is 0 Å². The van der Waals surface area contributed by atoms with Crippen LogP contribution < -0.4 is 0 Å². The van der Waals surface area contributed by atoms with Crippen LogP contribution in [-0.4, -0.2) is 13.1 Å². The van der Waals surface area contributed by atoms with Crippen molar-refractivity contribution in [2.24, 2.45) is 0 Å². The van der Waals surface area contributed by atoms with Gasteiger partial charge in [0.05, 0.1) is 0 Å². The second-order valence-electron chi connectivity index (χ2n) is 0.282. The van der Waals surface area contributed by atoms with Crippen LogP contribution in [0.4, 0.5) is 0 Å². The van der Waals surface area contributed by atoms with E-state index in [2.05, 4.69) is 13.1 Å². The van der Waals surface area contributed by atoms with E-state index in [1.54, 1.807) is 0 Å². The Bertz CT molecular complexity index is 22.4. The van der Waals surface area contributed by atoms with Crippen molar-refractivity contribution in [3.63, 3.8) is 0 Å². The predicted molar refractivity (Wildman–Crippen MR) is 24.7 cm³/mol. The normalized spacial score (nSPS) is 15.2. The third kappa shape index (κ3) is 23.0. The first-order valence-electron chi connectivity index (χ1n) is 0.477. The van der Waals surface area contributed by atoms with E-state index in [1.165, 1.54) is 0 Å². The SMILES string of the molecule is [Cl][Au]([Cl])([Cl])[SeH]. The van der Waals surface area contributed by atoms with Crippen molar-refractivity contribution in [3.05, 3.63) is 0 Å². The summed E-state index contributed by atoms with van der Waals surface area (Å²) in [7, 11) is 15.6. The molecule has 0 amide bonds. The summed E-state index contributed by atoms with van der Waals surface area (Å²) in [6.07, 6.45) is 0. The molecule has 39 valence electrons. The zero-order valence-electron chi connectivity index (χ0n) is 1.88. The number of rotatable bonds is 0. The first-order chi connectivity index (χ1) is 2.00. The maximum absolute atomic E-state index is 5.21. The third-order valence-corrected chi connectivity index (χ3v) is 0. The van der Waals surface area contributed by atoms with E-state index in [9.17, 15) is 0 Å². The van der Waals surface area contributed by atoms with E-state index in [-0.39, 0.29) is 0 Å². The molecule has 0 aliphatic carbocycles. The topological polar surface area (TPSA) is 0 Å². The molecule has 5 heteroatoms. The Hall–Kier alpha value is 2.13. The van der Waals surface area contributed by atoms with E-state index >= 15 is 0 Å². The molecule has 0 saturated heterocycles. The van der Waals surface area contributed by atoms with Gasteiger partial charge in [-0.3, -0.25) is 0 Å². The van der Waals surface area contributed by atoms with Gasteiger partial charge in [-0.25, -0.2) is 0 Å². The quantitative estimate of drug-likeness (QED) is 0.555. The second-order valence-corrected chi connectivity index (χ2v) is 29.0. The minimum atomic E-state index is -2.53. The Balaban J connectivity index is 3.02. The molecular formula is HAuCl3Se. The van der Waals surface area contributed by atoms with E-state index in [4.69, 9.17) is 27.6 Å². The van der Waals surface area contributed by atoms with Gasteiger partial charge in [-0.05, 0) is 0 Å². The molecule has 0 saturated carbocycles. The molecule has 5 heavy (non-hydrogen) atoms. The molecule has 0 unspecified atom stereocenters. The average molecular weight is 383 g/mol. The van der Waals surface area contributed by atoms with Crippen LogP contribution in [0.5, 0.6) is 0 Å². The van der Waals surface area contributed by atoms with Gasteiger partial charge in [-0.2, -0.15) is 0 Å². The van der Waals surface area contributed by atoms with Gasteiger partial charge in [0.1, 0.15) is 0 Å². The van der Waals surface area contributed by atoms with Gasteiger partial charge >= 0.3 is 52.4 Å². The summed E-state index contributed by atoms with van der Waals surface area (Å²) in [4.78, 5) is 0. The van der Waals surface area contributed by atoms with Crippen LogP contribution in [0.1, 0.15) is 0 Å². The van der Waals surface area contributed by atoms with Crippen LogP contribution in [-0.2, 0) is 11.7 Å². The van der Waals surface area contributed by atoms with E-state index < -0.39 is 11.7 Å². The van der Waals surface area contributed by atoms with Gasteiger partial charge in [0.15, 0.2) is 0 Å². The van der Waals surface area contributed by atoms with Crippen LogP contribution >= 0.6 is 27.6 Å². The Morgan fingerprint density at radius 2 is 1.20 bits per heavy atom. The van der Waals surface area contributed by atoms with Crippen molar-refractivity contribution in [2.45, 2.75) is 0 Å². The molecular weight excluding hydrogens is 382 g/mol. The minimum absolute atomic E-state index is 2.05. The number of halogens is 3. The first kappa shape index (κ1) is 7.13. The maximum atomic E-state index is 5.21. The molecule has 0 aromatic rings. The summed E-state index contributed by atoms with van der Waals surface area (Å²) in [5, 5.41) is 0. The summed E-state index contributed by atoms with van der Waals surface area (Å²) in [6.45, 7) is 0. The van der Waals surface area contributed by atoms with Gasteiger partial charge in [0.25, 0.3) is 0 Å². The fraction of sp³-hybridized carbons (Fsp3) is 0. The van der Waals surface area contributed by atoms with Gasteiger partial charge in [-0.15, -0.1) is 0 Å². The number of hydrogen-bond acceptors (Lipinski definition) is 0. The van der Waals surface area contributed by atoms with Gasteiger partial charge < -0.3 is 0 Å². The van der Waals surface area contributed by atoms with E-state index in [1.807, 2.05) is 0 Å². The second kappa shape index (κ2) is 2.44. The molecule has 0 spiro atoms. The third-order valence-electron chi connectivity index (χ3n) is 0. The molecule has 0 fully saturated rings. The van der Waals surface area contributed by atoms with Gasteiger partial charge in [0.2, 0.25) is 0 Å². The molecule has 0 atom stereocenters. The molecule has 0 bridgehead atoms. The summed E-state index contributed by atoms with van der Waals surface area (Å²) in [6, 6.07) is 0. The summed E-state index contributed by atoms with van der Waals surface area (Å²) in [5.74, 6) is 0. The first-order valence-corrected chi connectivity index (χ1v) is 14.1. The van der Waals surface area contributed by atoms with Gasteiger partial charge in [0, 0.05) is 0 Å². The Kier molecular flexibility index (Phi) is 3.48. The van der Waals surface area contributed by atoms with Crippen LogP contribution in [0.25, 0.3) is 0 Å². The number of hydrogen-bond donors (Lipinski definition) is 0. The monoisotopic (exact) mass is 383 g/mol. The van der Waals surface area contributed by atoms with Crippen molar-refractivity contribution in [2.75, 3.05) is 0 Å². The van der Waals surface area contributed by atoms with Crippen molar-refractivity contribution < 1.29 is 11.7 Å². The van der Waals surface area contributed by atoms with Crippen LogP contribution in [0.15, 0.2) is 0 Å². The fourth-order valence-corrected chi connectivity index (χ4v) is 0. The van der Waals surface area contributed by atoms with Crippen molar-refractivity contribution >= 4 is 40.7 Å². The molecule has 0 radical (unpaired) electrons. The molecule has 0 aromatic heterocycles. The van der Waals surface area contributed by atoms with Crippen molar-refractivity contribution in [1.82, 2.24) is 0 Å². The summed E-state index contributed by atoms with van der Waals surface area (Å²) >= 11 is -0.481. The average Bonchev–Trinajstić information content (AvgIpc) is 0.722. The molecule has 0 aliphatic heterocycles. The zero-order valence-corrected chi connectivity index (χ0v) is 8.19. The molecule has 0 aromatic carbocycles. The fourth-order valence-electron chi connectivity index (χ4n) is 0. The zero-order chi connectivity index (χ0) is 4.50. The standard InChI is InChI=1S/Au.3ClH.H2Se/h;3*1H;1H2/q+4;;;;/p-4. The molecule has 0 heterocycles. The summed E-state index contributed by atoms with van der Waals surface area (Å²) in [5.41, 5.74) is 0. The van der Waals surface area contributed by atoms with E-state index in [0.29, 0.717) is 0 Å². The Morgan fingerprint density at radius 3 is 1.20 bits per heavy atom. The van der Waals surface area contributed by atoms with Crippen LogP contribution in [0.3, 0.4) is 0 Å².